The van der Waals surface area contributed by atoms with Crippen LogP contribution in [0.15, 0.2) is 30.3 Å². The number of carbonyl (C=O) groups is 2. The number of hydrogen-bond acceptors (Lipinski definition) is 4. The van der Waals surface area contributed by atoms with Gasteiger partial charge < -0.3 is 11.1 Å². The van der Waals surface area contributed by atoms with E-state index in [9.17, 15) is 9.59 Å². The summed E-state index contributed by atoms with van der Waals surface area (Å²) >= 11 is 0. The summed E-state index contributed by atoms with van der Waals surface area (Å²) < 4.78 is 0. The molecular weight excluding hydrogens is 316 g/mol. The van der Waals surface area contributed by atoms with Crippen LogP contribution >= 0.6 is 0 Å². The van der Waals surface area contributed by atoms with E-state index in [1.807, 2.05) is 30.3 Å². The number of fused-ring (bicyclic) bond motifs is 1. The number of amides is 2. The monoisotopic (exact) mass is 344 g/mol. The van der Waals surface area contributed by atoms with E-state index >= 15 is 0 Å². The van der Waals surface area contributed by atoms with Crippen molar-refractivity contribution in [2.75, 3.05) is 19.6 Å². The molecule has 0 aliphatic carbocycles. The van der Waals surface area contributed by atoms with Crippen molar-refractivity contribution in [2.24, 2.45) is 5.73 Å². The summed E-state index contributed by atoms with van der Waals surface area (Å²) in [4.78, 5) is 24.1. The van der Waals surface area contributed by atoms with E-state index < -0.39 is 0 Å². The minimum Gasteiger partial charge on any atom is -0.368 e. The molecule has 0 aromatic heterocycles. The van der Waals surface area contributed by atoms with Crippen molar-refractivity contribution >= 4 is 11.8 Å². The molecule has 0 radical (unpaired) electrons. The van der Waals surface area contributed by atoms with E-state index in [2.05, 4.69) is 15.3 Å². The number of nitrogens with two attached hydrogens (primary N) is 1. The van der Waals surface area contributed by atoms with Gasteiger partial charge in [-0.1, -0.05) is 30.3 Å². The van der Waals surface area contributed by atoms with E-state index in [-0.39, 0.29) is 23.9 Å². The Hall–Kier alpha value is -1.92. The van der Waals surface area contributed by atoms with Crippen LogP contribution in [0, 0.1) is 0 Å². The van der Waals surface area contributed by atoms with E-state index in [1.165, 1.54) is 5.56 Å². The molecule has 6 nitrogen and oxygen atoms in total. The molecule has 2 amide bonds. The Morgan fingerprint density at radius 3 is 2.56 bits per heavy atom. The predicted octanol–water partition coefficient (Wildman–Crippen LogP) is 1.06. The number of nitrogens with zero attached hydrogens (tertiary/aromatic N) is 2. The van der Waals surface area contributed by atoms with Crippen molar-refractivity contribution in [3.05, 3.63) is 35.9 Å². The van der Waals surface area contributed by atoms with Gasteiger partial charge >= 0.3 is 0 Å². The molecule has 2 fully saturated rings. The maximum absolute atomic E-state index is 12.3. The largest absolute Gasteiger partial charge is 0.368 e. The lowest BCUT2D eigenvalue weighted by atomic mass is 10.1. The molecule has 0 bridgehead atoms. The van der Waals surface area contributed by atoms with Crippen molar-refractivity contribution in [1.82, 2.24) is 15.3 Å². The van der Waals surface area contributed by atoms with Crippen LogP contribution in [0.1, 0.15) is 37.7 Å². The number of aryl methyl sites for hydroxylation is 1. The van der Waals surface area contributed by atoms with Gasteiger partial charge in [-0.25, -0.2) is 10.0 Å². The van der Waals surface area contributed by atoms with Gasteiger partial charge in [0.1, 0.15) is 6.04 Å². The average molecular weight is 344 g/mol. The molecule has 2 atom stereocenters. The summed E-state index contributed by atoms with van der Waals surface area (Å²) in [6.07, 6.45) is 5.00. The third kappa shape index (κ3) is 4.80. The summed E-state index contributed by atoms with van der Waals surface area (Å²) in [5, 5.41) is 7.51. The smallest absolute Gasteiger partial charge is 0.236 e. The van der Waals surface area contributed by atoms with E-state index in [1.54, 1.807) is 0 Å². The second-order valence-corrected chi connectivity index (χ2v) is 7.03. The van der Waals surface area contributed by atoms with Crippen LogP contribution in [-0.4, -0.2) is 53.6 Å². The van der Waals surface area contributed by atoms with Gasteiger partial charge in [0, 0.05) is 32.1 Å². The zero-order valence-electron chi connectivity index (χ0n) is 14.7. The highest BCUT2D eigenvalue weighted by Crippen LogP contribution is 2.22. The third-order valence-corrected chi connectivity index (χ3v) is 5.17. The van der Waals surface area contributed by atoms with E-state index in [0.717, 1.165) is 45.2 Å². The lowest BCUT2D eigenvalue weighted by Gasteiger charge is -2.42. The Morgan fingerprint density at radius 1 is 1.12 bits per heavy atom. The molecule has 3 N–H and O–H groups in total. The standard InChI is InChI=1S/C19H28N4O2/c20-19(25)17-9-5-13-22-12-4-8-16(14-23(17)22)21-18(24)11-10-15-6-2-1-3-7-15/h1-3,6-7,16-17H,4-5,8-14H2,(H2,20,25)(H,21,24). The second-order valence-electron chi connectivity index (χ2n) is 7.03. The lowest BCUT2D eigenvalue weighted by molar-refractivity contribution is -0.140. The molecule has 2 unspecified atom stereocenters. The zero-order valence-corrected chi connectivity index (χ0v) is 14.7. The van der Waals surface area contributed by atoms with Crippen LogP contribution in [0.4, 0.5) is 0 Å². The van der Waals surface area contributed by atoms with Gasteiger partial charge in [-0.3, -0.25) is 9.59 Å². The maximum Gasteiger partial charge on any atom is 0.236 e. The van der Waals surface area contributed by atoms with Gasteiger partial charge in [-0.05, 0) is 37.7 Å². The Morgan fingerprint density at radius 2 is 1.84 bits per heavy atom. The number of rotatable bonds is 5. The molecule has 0 spiro atoms. The van der Waals surface area contributed by atoms with Gasteiger partial charge in [-0.15, -0.1) is 0 Å². The number of benzene rings is 1. The third-order valence-electron chi connectivity index (χ3n) is 5.17. The molecule has 3 rings (SSSR count). The Labute approximate surface area is 149 Å². The van der Waals surface area contributed by atoms with Crippen LogP contribution < -0.4 is 11.1 Å². The van der Waals surface area contributed by atoms with Crippen molar-refractivity contribution < 1.29 is 9.59 Å². The van der Waals surface area contributed by atoms with E-state index in [4.69, 9.17) is 5.73 Å². The first-order valence-corrected chi connectivity index (χ1v) is 9.27. The number of carbonyl (C=O) groups excluding carboxylic acids is 2. The summed E-state index contributed by atoms with van der Waals surface area (Å²) in [5.74, 6) is -0.185. The summed E-state index contributed by atoms with van der Waals surface area (Å²) in [7, 11) is 0. The molecule has 0 saturated carbocycles. The first kappa shape index (κ1) is 17.9. The van der Waals surface area contributed by atoms with Crippen LogP contribution in [0.2, 0.25) is 0 Å². The molecule has 25 heavy (non-hydrogen) atoms. The minimum atomic E-state index is -0.263. The second kappa shape index (κ2) is 8.45. The van der Waals surface area contributed by atoms with Gasteiger partial charge in [-0.2, -0.15) is 0 Å². The Balaban J connectivity index is 1.54. The lowest BCUT2D eigenvalue weighted by Crippen LogP contribution is -2.59. The Bertz CT molecular complexity index is 592. The first-order chi connectivity index (χ1) is 12.1. The molecule has 1 aromatic rings. The van der Waals surface area contributed by atoms with Crippen LogP contribution in [0.5, 0.6) is 0 Å². The molecule has 2 aliphatic rings. The van der Waals surface area contributed by atoms with Gasteiger partial charge in [0.15, 0.2) is 0 Å². The molecular formula is C19H28N4O2. The molecule has 2 aliphatic heterocycles. The van der Waals surface area contributed by atoms with Gasteiger partial charge in [0.25, 0.3) is 0 Å². The van der Waals surface area contributed by atoms with Gasteiger partial charge in [0.2, 0.25) is 11.8 Å². The quantitative estimate of drug-likeness (QED) is 0.837. The van der Waals surface area contributed by atoms with Gasteiger partial charge in [0.05, 0.1) is 0 Å². The number of primary amides is 1. The fourth-order valence-electron chi connectivity index (χ4n) is 3.87. The summed E-state index contributed by atoms with van der Waals surface area (Å²) in [6.45, 7) is 2.57. The number of hydrogen-bond donors (Lipinski definition) is 2. The van der Waals surface area contributed by atoms with Crippen LogP contribution in [-0.2, 0) is 16.0 Å². The Kier molecular flexibility index (Phi) is 6.04. The highest BCUT2D eigenvalue weighted by Gasteiger charge is 2.35. The molecule has 2 saturated heterocycles. The SMILES string of the molecule is NC(=O)C1CCCN2CCCC(NC(=O)CCc3ccccc3)CN12. The normalized spacial score (nSPS) is 25.0. The first-order valence-electron chi connectivity index (χ1n) is 9.27. The van der Waals surface area contributed by atoms with Crippen LogP contribution in [0.3, 0.4) is 0 Å². The molecule has 1 aromatic carbocycles. The highest BCUT2D eigenvalue weighted by molar-refractivity contribution is 5.80. The molecule has 6 heteroatoms. The predicted molar refractivity (Wildman–Crippen MR) is 96.4 cm³/mol. The molecule has 136 valence electrons. The fourth-order valence-corrected chi connectivity index (χ4v) is 3.87. The number of hydrazine groups is 1. The maximum atomic E-state index is 12.3. The van der Waals surface area contributed by atoms with E-state index in [0.29, 0.717) is 13.0 Å². The number of nitrogens with one attached hydrogen (secondary N) is 1. The van der Waals surface area contributed by atoms with Crippen molar-refractivity contribution in [2.45, 2.75) is 50.6 Å². The summed E-state index contributed by atoms with van der Waals surface area (Å²) in [6, 6.07) is 9.89. The zero-order chi connectivity index (χ0) is 17.6. The van der Waals surface area contributed by atoms with Crippen molar-refractivity contribution in [3.63, 3.8) is 0 Å². The topological polar surface area (TPSA) is 78.7 Å². The van der Waals surface area contributed by atoms with Crippen molar-refractivity contribution in [3.8, 4) is 0 Å². The fraction of sp³-hybridized carbons (Fsp3) is 0.579. The molecule has 2 heterocycles. The summed E-state index contributed by atoms with van der Waals surface area (Å²) in [5.41, 5.74) is 6.76. The van der Waals surface area contributed by atoms with Crippen LogP contribution in [0.25, 0.3) is 0 Å². The average Bonchev–Trinajstić information content (AvgIpc) is 2.82. The van der Waals surface area contributed by atoms with Crippen molar-refractivity contribution in [1.29, 1.82) is 0 Å². The highest BCUT2D eigenvalue weighted by atomic mass is 16.2. The minimum absolute atomic E-state index is 0.0771.